The third-order valence-corrected chi connectivity index (χ3v) is 5.65. The van der Waals surface area contributed by atoms with Crippen molar-refractivity contribution in [2.24, 2.45) is 0 Å². The summed E-state index contributed by atoms with van der Waals surface area (Å²) in [6.45, 7) is 3.21. The fraction of sp³-hybridized carbons (Fsp3) is 0.346. The molecule has 0 bridgehead atoms. The molecule has 1 aliphatic rings. The maximum absolute atomic E-state index is 12.8. The number of methoxy groups -OCH3 is 1. The van der Waals surface area contributed by atoms with E-state index in [0.717, 1.165) is 30.4 Å². The molecule has 3 rings (SSSR count). The van der Waals surface area contributed by atoms with Crippen molar-refractivity contribution in [1.82, 2.24) is 4.90 Å². The molecule has 166 valence electrons. The van der Waals surface area contributed by atoms with Gasteiger partial charge in [0.15, 0.2) is 0 Å². The molecule has 2 aromatic carbocycles. The first-order chi connectivity index (χ1) is 15.5. The lowest BCUT2D eigenvalue weighted by Crippen LogP contribution is -2.35. The van der Waals surface area contributed by atoms with Gasteiger partial charge >= 0.3 is 6.09 Å². The van der Waals surface area contributed by atoms with Gasteiger partial charge in [0.25, 0.3) is 0 Å². The lowest BCUT2D eigenvalue weighted by molar-refractivity contribution is 0.105. The summed E-state index contributed by atoms with van der Waals surface area (Å²) in [4.78, 5) is 26.5. The first kappa shape index (κ1) is 23.1. The number of carbonyl (C=O) groups excluding carboxylic acids is 2. The number of amides is 1. The van der Waals surface area contributed by atoms with E-state index >= 15 is 0 Å². The van der Waals surface area contributed by atoms with E-state index in [-0.39, 0.29) is 17.8 Å². The molecule has 1 atom stereocenters. The first-order valence-electron chi connectivity index (χ1n) is 10.8. The fourth-order valence-electron chi connectivity index (χ4n) is 3.82. The number of nitrogens with zero attached hydrogens (tertiary/aromatic N) is 1. The summed E-state index contributed by atoms with van der Waals surface area (Å²) < 4.78 is 10.9. The van der Waals surface area contributed by atoms with Crippen molar-refractivity contribution in [1.29, 1.82) is 5.41 Å². The molecule has 0 fully saturated rings. The molecular weight excluding hydrogens is 404 g/mol. The van der Waals surface area contributed by atoms with Crippen molar-refractivity contribution in [2.45, 2.75) is 32.1 Å². The minimum absolute atomic E-state index is 0.161. The van der Waals surface area contributed by atoms with Crippen molar-refractivity contribution in [3.05, 3.63) is 64.7 Å². The van der Waals surface area contributed by atoms with Crippen LogP contribution in [0.5, 0.6) is 5.75 Å². The number of carbonyl (C=O) groups is 2. The lowest BCUT2D eigenvalue weighted by Gasteiger charge is -2.20. The van der Waals surface area contributed by atoms with E-state index in [4.69, 9.17) is 14.9 Å². The van der Waals surface area contributed by atoms with E-state index in [2.05, 4.69) is 11.8 Å². The van der Waals surface area contributed by atoms with Gasteiger partial charge in [-0.1, -0.05) is 48.7 Å². The van der Waals surface area contributed by atoms with Gasteiger partial charge in [0, 0.05) is 29.8 Å². The third-order valence-electron chi connectivity index (χ3n) is 5.65. The molecule has 6 nitrogen and oxygen atoms in total. The van der Waals surface area contributed by atoms with Crippen LogP contribution in [-0.2, 0) is 4.74 Å². The van der Waals surface area contributed by atoms with Crippen LogP contribution in [0.3, 0.4) is 0 Å². The minimum Gasteiger partial charge on any atom is -0.491 e. The summed E-state index contributed by atoms with van der Waals surface area (Å²) in [5.74, 6) is 6.31. The number of hydrogen-bond donors (Lipinski definition) is 1. The van der Waals surface area contributed by atoms with Gasteiger partial charge in [0.05, 0.1) is 13.7 Å². The van der Waals surface area contributed by atoms with Crippen LogP contribution in [-0.4, -0.2) is 49.8 Å². The van der Waals surface area contributed by atoms with Crippen LogP contribution in [0.4, 0.5) is 4.79 Å². The molecule has 0 aliphatic carbocycles. The Labute approximate surface area is 189 Å². The highest BCUT2D eigenvalue weighted by Gasteiger charge is 2.19. The summed E-state index contributed by atoms with van der Waals surface area (Å²) in [6.07, 6.45) is 3.29. The monoisotopic (exact) mass is 432 g/mol. The smallest absolute Gasteiger partial charge is 0.409 e. The molecule has 0 saturated heterocycles. The predicted octanol–water partition coefficient (Wildman–Crippen LogP) is 4.59. The highest BCUT2D eigenvalue weighted by atomic mass is 16.5. The Bertz CT molecular complexity index is 1050. The van der Waals surface area contributed by atoms with Crippen LogP contribution in [0, 0.1) is 24.2 Å². The van der Waals surface area contributed by atoms with Crippen molar-refractivity contribution in [3.8, 4) is 17.6 Å². The molecule has 0 radical (unpaired) electrons. The number of hydrogen-bond acceptors (Lipinski definition) is 5. The van der Waals surface area contributed by atoms with E-state index < -0.39 is 0 Å². The maximum Gasteiger partial charge on any atom is 0.409 e. The molecule has 1 aliphatic heterocycles. The molecule has 0 spiro atoms. The Balaban J connectivity index is 1.86. The zero-order valence-corrected chi connectivity index (χ0v) is 18.5. The van der Waals surface area contributed by atoms with Crippen LogP contribution in [0.15, 0.2) is 42.5 Å². The van der Waals surface area contributed by atoms with E-state index in [0.29, 0.717) is 36.6 Å². The SMILES string of the molecule is COC(=O)N1CCCC[C@H](C#CC(=O)c2cccc(C=N)c2C)c2ccccc2OCC1. The number of ketones is 1. The number of nitrogens with one attached hydrogen (secondary N) is 1. The van der Waals surface area contributed by atoms with Gasteiger partial charge in [0.1, 0.15) is 12.4 Å². The predicted molar refractivity (Wildman–Crippen MR) is 124 cm³/mol. The van der Waals surface area contributed by atoms with E-state index in [1.165, 1.54) is 13.3 Å². The molecule has 2 aromatic rings. The van der Waals surface area contributed by atoms with Crippen LogP contribution in [0.1, 0.15) is 52.2 Å². The molecule has 0 aromatic heterocycles. The average Bonchev–Trinajstić information content (AvgIpc) is 2.85. The van der Waals surface area contributed by atoms with Crippen LogP contribution in [0.25, 0.3) is 0 Å². The molecular formula is C26H28N2O4. The summed E-state index contributed by atoms with van der Waals surface area (Å²) in [7, 11) is 1.38. The second-order valence-electron chi connectivity index (χ2n) is 7.65. The average molecular weight is 433 g/mol. The number of ether oxygens (including phenoxy) is 2. The molecule has 1 amide bonds. The molecule has 6 heteroatoms. The second-order valence-corrected chi connectivity index (χ2v) is 7.65. The summed E-state index contributed by atoms with van der Waals surface area (Å²) in [5, 5.41) is 7.50. The Morgan fingerprint density at radius 3 is 2.75 bits per heavy atom. The number of rotatable bonds is 2. The standard InChI is InChI=1S/C26H28N2O4/c1-19-21(18-27)9-7-11-22(19)24(29)14-13-20-8-5-6-15-28(26(30)31-2)16-17-32-25-12-4-3-10-23(20)25/h3-4,7,9-12,18,20,27H,5-6,8,15-17H2,1-2H3/t20-/m1/s1. The van der Waals surface area contributed by atoms with Gasteiger partial charge in [0.2, 0.25) is 5.78 Å². The van der Waals surface area contributed by atoms with E-state index in [1.54, 1.807) is 17.0 Å². The third kappa shape index (κ3) is 5.55. The molecule has 0 unspecified atom stereocenters. The number of fused-ring (bicyclic) bond motifs is 1. The number of benzene rings is 2. The van der Waals surface area contributed by atoms with E-state index in [1.807, 2.05) is 37.3 Å². The van der Waals surface area contributed by atoms with Crippen molar-refractivity contribution >= 4 is 18.1 Å². The van der Waals surface area contributed by atoms with E-state index in [9.17, 15) is 9.59 Å². The van der Waals surface area contributed by atoms with Crippen LogP contribution in [0.2, 0.25) is 0 Å². The minimum atomic E-state index is -0.356. The van der Waals surface area contributed by atoms with Crippen LogP contribution >= 0.6 is 0 Å². The molecule has 32 heavy (non-hydrogen) atoms. The second kappa shape index (κ2) is 11.1. The van der Waals surface area contributed by atoms with Gasteiger partial charge < -0.3 is 19.8 Å². The first-order valence-corrected chi connectivity index (χ1v) is 10.8. The normalized spacial score (nSPS) is 16.3. The summed E-state index contributed by atoms with van der Waals surface area (Å²) in [5.41, 5.74) is 2.94. The molecule has 1 N–H and O–H groups in total. The lowest BCUT2D eigenvalue weighted by atomic mass is 9.92. The van der Waals surface area contributed by atoms with Gasteiger partial charge in [-0.15, -0.1) is 0 Å². The highest BCUT2D eigenvalue weighted by Crippen LogP contribution is 2.30. The zero-order valence-electron chi connectivity index (χ0n) is 18.5. The van der Waals surface area contributed by atoms with Crippen molar-refractivity contribution in [3.63, 3.8) is 0 Å². The maximum atomic E-state index is 12.8. The Kier molecular flexibility index (Phi) is 8.04. The quantitative estimate of drug-likeness (QED) is 0.326. The van der Waals surface area contributed by atoms with Gasteiger partial charge in [-0.2, -0.15) is 0 Å². The topological polar surface area (TPSA) is 79.7 Å². The Morgan fingerprint density at radius 1 is 1.16 bits per heavy atom. The zero-order chi connectivity index (χ0) is 22.9. The van der Waals surface area contributed by atoms with Gasteiger partial charge in [-0.3, -0.25) is 4.79 Å². The van der Waals surface area contributed by atoms with Crippen molar-refractivity contribution < 1.29 is 19.1 Å². The highest BCUT2D eigenvalue weighted by molar-refractivity contribution is 6.10. The molecule has 0 saturated carbocycles. The van der Waals surface area contributed by atoms with Crippen molar-refractivity contribution in [2.75, 3.05) is 26.8 Å². The van der Waals surface area contributed by atoms with Gasteiger partial charge in [-0.25, -0.2) is 4.79 Å². The Hall–Kier alpha value is -3.59. The summed E-state index contributed by atoms with van der Waals surface area (Å²) >= 11 is 0. The Morgan fingerprint density at radius 2 is 1.97 bits per heavy atom. The number of Topliss-reactive ketones (excluding diaryl/α,β-unsaturated/α-hetero) is 1. The molecule has 1 heterocycles. The number of para-hydroxylation sites is 1. The largest absolute Gasteiger partial charge is 0.491 e. The van der Waals surface area contributed by atoms with Gasteiger partial charge in [-0.05, 0) is 42.9 Å². The van der Waals surface area contributed by atoms with Crippen LogP contribution < -0.4 is 4.74 Å². The summed E-state index contributed by atoms with van der Waals surface area (Å²) in [6, 6.07) is 13.0. The fourth-order valence-corrected chi connectivity index (χ4v) is 3.82.